The van der Waals surface area contributed by atoms with Crippen molar-refractivity contribution in [1.82, 2.24) is 9.97 Å². The minimum absolute atomic E-state index is 0.00556. The van der Waals surface area contributed by atoms with Crippen molar-refractivity contribution in [2.24, 2.45) is 5.92 Å². The molecule has 19 heavy (non-hydrogen) atoms. The van der Waals surface area contributed by atoms with Gasteiger partial charge in [-0.25, -0.2) is 9.97 Å². The number of nitrogens with zero attached hydrogens (tertiary/aromatic N) is 2. The lowest BCUT2D eigenvalue weighted by Gasteiger charge is -2.21. The van der Waals surface area contributed by atoms with Gasteiger partial charge in [-0.1, -0.05) is 41.5 Å². The number of aromatic nitrogens is 2. The van der Waals surface area contributed by atoms with Crippen molar-refractivity contribution in [3.63, 3.8) is 0 Å². The fourth-order valence-electron chi connectivity index (χ4n) is 1.54. The lowest BCUT2D eigenvalue weighted by atomic mass is 9.91. The predicted molar refractivity (Wildman–Crippen MR) is 79.6 cm³/mol. The zero-order valence-electron chi connectivity index (χ0n) is 13.0. The van der Waals surface area contributed by atoms with Gasteiger partial charge in [0.25, 0.3) is 0 Å². The molecule has 0 aliphatic carbocycles. The van der Waals surface area contributed by atoms with Crippen molar-refractivity contribution in [2.45, 2.75) is 52.9 Å². The molecule has 1 heterocycles. The summed E-state index contributed by atoms with van der Waals surface area (Å²) in [7, 11) is 0. The van der Waals surface area contributed by atoms with Crippen molar-refractivity contribution in [2.75, 3.05) is 18.5 Å². The van der Waals surface area contributed by atoms with E-state index in [9.17, 15) is 0 Å². The molecule has 4 nitrogen and oxygen atoms in total. The Morgan fingerprint density at radius 1 is 1.21 bits per heavy atom. The van der Waals surface area contributed by atoms with Crippen molar-refractivity contribution in [3.8, 4) is 0 Å². The van der Waals surface area contributed by atoms with Gasteiger partial charge in [-0.05, 0) is 5.92 Å². The van der Waals surface area contributed by atoms with Crippen LogP contribution in [0.25, 0.3) is 0 Å². The summed E-state index contributed by atoms with van der Waals surface area (Å²) in [5.74, 6) is 2.24. The van der Waals surface area contributed by atoms with E-state index in [4.69, 9.17) is 5.11 Å². The highest BCUT2D eigenvalue weighted by atomic mass is 16.3. The third kappa shape index (κ3) is 4.78. The van der Waals surface area contributed by atoms with E-state index in [-0.39, 0.29) is 17.9 Å². The van der Waals surface area contributed by atoms with Gasteiger partial charge in [-0.3, -0.25) is 0 Å². The molecule has 0 bridgehead atoms. The van der Waals surface area contributed by atoms with Crippen molar-refractivity contribution in [3.05, 3.63) is 17.6 Å². The quantitative estimate of drug-likeness (QED) is 0.859. The summed E-state index contributed by atoms with van der Waals surface area (Å²) in [4.78, 5) is 9.20. The normalized spacial score (nSPS) is 13.7. The predicted octanol–water partition coefficient (Wildman–Crippen LogP) is 2.94. The molecule has 0 spiro atoms. The Morgan fingerprint density at radius 2 is 1.84 bits per heavy atom. The molecule has 1 unspecified atom stereocenters. The number of anilines is 1. The molecule has 1 rings (SSSR count). The van der Waals surface area contributed by atoms with Gasteiger partial charge in [-0.2, -0.15) is 0 Å². The summed E-state index contributed by atoms with van der Waals surface area (Å²) in [6.45, 7) is 13.6. The summed E-state index contributed by atoms with van der Waals surface area (Å²) in [5, 5.41) is 12.4. The highest BCUT2D eigenvalue weighted by molar-refractivity contribution is 5.38. The second-order valence-electron chi connectivity index (χ2n) is 6.57. The summed E-state index contributed by atoms with van der Waals surface area (Å²) >= 11 is 0. The summed E-state index contributed by atoms with van der Waals surface area (Å²) in [5.41, 5.74) is 1.05. The summed E-state index contributed by atoms with van der Waals surface area (Å²) in [6, 6.07) is 2.01. The van der Waals surface area contributed by atoms with E-state index >= 15 is 0 Å². The lowest BCUT2D eigenvalue weighted by molar-refractivity contribution is 0.244. The van der Waals surface area contributed by atoms with Crippen molar-refractivity contribution in [1.29, 1.82) is 0 Å². The van der Waals surface area contributed by atoms with E-state index in [0.717, 1.165) is 17.3 Å². The van der Waals surface area contributed by atoms with Gasteiger partial charge in [0.05, 0.1) is 5.69 Å². The van der Waals surface area contributed by atoms with E-state index in [0.29, 0.717) is 12.5 Å². The average molecular weight is 265 g/mol. The third-order valence-corrected chi connectivity index (χ3v) is 2.97. The van der Waals surface area contributed by atoms with E-state index in [1.54, 1.807) is 0 Å². The number of aliphatic hydroxyl groups is 1. The first-order valence-electron chi connectivity index (χ1n) is 6.98. The lowest BCUT2D eigenvalue weighted by Crippen LogP contribution is -2.19. The van der Waals surface area contributed by atoms with E-state index < -0.39 is 0 Å². The van der Waals surface area contributed by atoms with Crippen LogP contribution in [-0.2, 0) is 5.41 Å². The zero-order valence-corrected chi connectivity index (χ0v) is 13.0. The average Bonchev–Trinajstić information content (AvgIpc) is 2.34. The van der Waals surface area contributed by atoms with Gasteiger partial charge in [0.2, 0.25) is 0 Å². The van der Waals surface area contributed by atoms with E-state index in [1.165, 1.54) is 0 Å². The van der Waals surface area contributed by atoms with Crippen LogP contribution in [0.1, 0.15) is 59.0 Å². The van der Waals surface area contributed by atoms with Gasteiger partial charge in [-0.15, -0.1) is 0 Å². The van der Waals surface area contributed by atoms with Gasteiger partial charge in [0.15, 0.2) is 0 Å². The van der Waals surface area contributed by atoms with Crippen molar-refractivity contribution >= 4 is 5.82 Å². The molecule has 0 aliphatic heterocycles. The minimum Gasteiger partial charge on any atom is -0.396 e. The number of hydrogen-bond donors (Lipinski definition) is 2. The molecule has 0 aromatic carbocycles. The van der Waals surface area contributed by atoms with Crippen LogP contribution in [0.15, 0.2) is 6.07 Å². The summed E-state index contributed by atoms with van der Waals surface area (Å²) in [6.07, 6.45) is 0. The van der Waals surface area contributed by atoms with Crippen LogP contribution in [-0.4, -0.2) is 28.2 Å². The Balaban J connectivity index is 3.00. The molecule has 0 aliphatic rings. The fourth-order valence-corrected chi connectivity index (χ4v) is 1.54. The molecule has 1 aromatic rings. The highest BCUT2D eigenvalue weighted by Gasteiger charge is 2.19. The molecule has 108 valence electrons. The maximum Gasteiger partial charge on any atom is 0.133 e. The van der Waals surface area contributed by atoms with Crippen LogP contribution < -0.4 is 5.32 Å². The number of rotatable bonds is 5. The second-order valence-corrected chi connectivity index (χ2v) is 6.57. The van der Waals surface area contributed by atoms with Crippen LogP contribution >= 0.6 is 0 Å². The molecular weight excluding hydrogens is 238 g/mol. The van der Waals surface area contributed by atoms with Crippen LogP contribution in [0.5, 0.6) is 0 Å². The molecule has 4 heteroatoms. The van der Waals surface area contributed by atoms with Gasteiger partial charge >= 0.3 is 0 Å². The van der Waals surface area contributed by atoms with E-state index in [2.05, 4.69) is 49.9 Å². The molecule has 0 fully saturated rings. The Hall–Kier alpha value is -1.16. The monoisotopic (exact) mass is 265 g/mol. The molecule has 0 saturated heterocycles. The molecule has 0 saturated carbocycles. The minimum atomic E-state index is 0.00556. The Labute approximate surface area is 116 Å². The number of aliphatic hydroxyl groups excluding tert-OH is 1. The first-order valence-corrected chi connectivity index (χ1v) is 6.98. The number of hydrogen-bond acceptors (Lipinski definition) is 4. The maximum absolute atomic E-state index is 9.07. The Kier molecular flexibility index (Phi) is 5.29. The highest BCUT2D eigenvalue weighted by Crippen LogP contribution is 2.24. The second kappa shape index (κ2) is 6.33. The molecular formula is C15H27N3O. The Morgan fingerprint density at radius 3 is 2.32 bits per heavy atom. The van der Waals surface area contributed by atoms with Gasteiger partial charge < -0.3 is 10.4 Å². The SMILES string of the molecule is CC(CO)CNc1cc(C(C)(C)C)nc(C(C)C)n1. The van der Waals surface area contributed by atoms with Crippen molar-refractivity contribution < 1.29 is 5.11 Å². The topological polar surface area (TPSA) is 58.0 Å². The van der Waals surface area contributed by atoms with Gasteiger partial charge in [0.1, 0.15) is 11.6 Å². The molecule has 2 N–H and O–H groups in total. The molecule has 0 radical (unpaired) electrons. The third-order valence-electron chi connectivity index (χ3n) is 2.97. The maximum atomic E-state index is 9.07. The number of nitrogens with one attached hydrogen (secondary N) is 1. The zero-order chi connectivity index (χ0) is 14.6. The molecule has 0 amide bonds. The van der Waals surface area contributed by atoms with Gasteiger partial charge in [0, 0.05) is 30.6 Å². The standard InChI is InChI=1S/C15H27N3O/c1-10(2)14-17-12(15(4,5)6)7-13(18-14)16-8-11(3)9-19/h7,10-11,19H,8-9H2,1-6H3,(H,16,17,18). The molecule has 1 aromatic heterocycles. The van der Waals surface area contributed by atoms with Crippen LogP contribution in [0, 0.1) is 5.92 Å². The first-order chi connectivity index (χ1) is 8.74. The molecule has 1 atom stereocenters. The van der Waals surface area contributed by atoms with E-state index in [1.807, 2.05) is 13.0 Å². The summed E-state index contributed by atoms with van der Waals surface area (Å²) < 4.78 is 0. The van der Waals surface area contributed by atoms with Crippen LogP contribution in [0.3, 0.4) is 0 Å². The largest absolute Gasteiger partial charge is 0.396 e. The smallest absolute Gasteiger partial charge is 0.133 e. The first kappa shape index (κ1) is 15.9. The van der Waals surface area contributed by atoms with Crippen LogP contribution in [0.2, 0.25) is 0 Å². The fraction of sp³-hybridized carbons (Fsp3) is 0.733. The Bertz CT molecular complexity index is 410. The van der Waals surface area contributed by atoms with Crippen LogP contribution in [0.4, 0.5) is 5.82 Å².